The number of ether oxygens (including phenoxy) is 1. The van der Waals surface area contributed by atoms with Gasteiger partial charge in [0.15, 0.2) is 0 Å². The van der Waals surface area contributed by atoms with Crippen LogP contribution in [0.4, 0.5) is 5.69 Å². The van der Waals surface area contributed by atoms with Crippen molar-refractivity contribution in [2.24, 2.45) is 0 Å². The van der Waals surface area contributed by atoms with E-state index >= 15 is 0 Å². The molecular weight excluding hydrogens is 278 g/mol. The molecule has 2 aromatic rings. The van der Waals surface area contributed by atoms with E-state index in [0.29, 0.717) is 23.7 Å². The van der Waals surface area contributed by atoms with Gasteiger partial charge in [-0.2, -0.15) is 5.10 Å². The Morgan fingerprint density at radius 2 is 2.15 bits per heavy atom. The summed E-state index contributed by atoms with van der Waals surface area (Å²) < 4.78 is 33.9. The maximum absolute atomic E-state index is 12.3. The van der Waals surface area contributed by atoms with E-state index in [2.05, 4.69) is 9.82 Å². The van der Waals surface area contributed by atoms with Gasteiger partial charge >= 0.3 is 0 Å². The fourth-order valence-corrected chi connectivity index (χ4v) is 3.06. The number of anilines is 1. The maximum Gasteiger partial charge on any atom is 0.265 e. The third kappa shape index (κ3) is 2.93. The molecule has 7 heteroatoms. The highest BCUT2D eigenvalue weighted by molar-refractivity contribution is 7.92. The molecule has 1 aromatic heterocycles. The molecule has 0 unspecified atom stereocenters. The lowest BCUT2D eigenvalue weighted by molar-refractivity contribution is 0.415. The largest absolute Gasteiger partial charge is 0.497 e. The normalized spacial score (nSPS) is 11.3. The zero-order valence-corrected chi connectivity index (χ0v) is 12.4. The summed E-state index contributed by atoms with van der Waals surface area (Å²) in [7, 11) is -2.12. The van der Waals surface area contributed by atoms with Gasteiger partial charge in [-0.1, -0.05) is 6.07 Å². The number of sulfonamides is 1. The Hall–Kier alpha value is -2.02. The number of rotatable bonds is 5. The molecule has 1 aromatic carbocycles. The van der Waals surface area contributed by atoms with Gasteiger partial charge in [-0.15, -0.1) is 0 Å². The number of benzene rings is 1. The second-order valence-corrected chi connectivity index (χ2v) is 5.92. The summed E-state index contributed by atoms with van der Waals surface area (Å²) in [5, 5.41) is 4.14. The highest BCUT2D eigenvalue weighted by Gasteiger charge is 2.20. The minimum atomic E-state index is -3.65. The Balaban J connectivity index is 2.32. The molecule has 20 heavy (non-hydrogen) atoms. The lowest BCUT2D eigenvalue weighted by Crippen LogP contribution is -2.13. The minimum Gasteiger partial charge on any atom is -0.497 e. The zero-order valence-electron chi connectivity index (χ0n) is 11.6. The molecule has 0 fully saturated rings. The summed E-state index contributed by atoms with van der Waals surface area (Å²) in [6.07, 6.45) is 1.53. The molecule has 2 rings (SSSR count). The van der Waals surface area contributed by atoms with Crippen LogP contribution in [0.1, 0.15) is 12.6 Å². The molecule has 0 bridgehead atoms. The molecule has 0 aliphatic rings. The molecule has 108 valence electrons. The van der Waals surface area contributed by atoms with Crippen molar-refractivity contribution in [2.45, 2.75) is 25.3 Å². The zero-order chi connectivity index (χ0) is 14.8. The molecule has 0 saturated carbocycles. The molecule has 0 aliphatic carbocycles. The van der Waals surface area contributed by atoms with Crippen LogP contribution in [0.2, 0.25) is 0 Å². The lowest BCUT2D eigenvalue weighted by Gasteiger charge is -2.08. The quantitative estimate of drug-likeness (QED) is 0.916. The van der Waals surface area contributed by atoms with Crippen LogP contribution in [0, 0.1) is 6.92 Å². The minimum absolute atomic E-state index is 0.183. The number of nitrogens with zero attached hydrogens (tertiary/aromatic N) is 2. The van der Waals surface area contributed by atoms with Crippen LogP contribution in [-0.2, 0) is 16.6 Å². The fourth-order valence-electron chi connectivity index (χ4n) is 1.82. The molecular formula is C13H17N3O3S. The fraction of sp³-hybridized carbons (Fsp3) is 0.308. The van der Waals surface area contributed by atoms with Crippen molar-refractivity contribution in [3.05, 3.63) is 36.2 Å². The summed E-state index contributed by atoms with van der Waals surface area (Å²) >= 11 is 0. The molecule has 0 atom stereocenters. The number of methoxy groups -OCH3 is 1. The summed E-state index contributed by atoms with van der Waals surface area (Å²) in [5.74, 6) is 0.589. The van der Waals surface area contributed by atoms with E-state index in [1.165, 1.54) is 13.3 Å². The van der Waals surface area contributed by atoms with Crippen molar-refractivity contribution in [3.63, 3.8) is 0 Å². The van der Waals surface area contributed by atoms with Gasteiger partial charge in [0.25, 0.3) is 10.0 Å². The van der Waals surface area contributed by atoms with Gasteiger partial charge in [-0.3, -0.25) is 9.40 Å². The number of aryl methyl sites for hydroxylation is 2. The van der Waals surface area contributed by atoms with Crippen molar-refractivity contribution < 1.29 is 13.2 Å². The first kappa shape index (κ1) is 14.4. The van der Waals surface area contributed by atoms with Crippen LogP contribution in [0.3, 0.4) is 0 Å². The number of nitrogens with one attached hydrogen (secondary N) is 1. The number of aromatic nitrogens is 2. The molecule has 0 saturated heterocycles. The van der Waals surface area contributed by atoms with Gasteiger partial charge in [0, 0.05) is 18.8 Å². The third-order valence-electron chi connectivity index (χ3n) is 2.84. The van der Waals surface area contributed by atoms with Gasteiger partial charge in [-0.05, 0) is 26.0 Å². The Morgan fingerprint density at radius 3 is 2.75 bits per heavy atom. The van der Waals surface area contributed by atoms with Crippen molar-refractivity contribution in [2.75, 3.05) is 11.8 Å². The average molecular weight is 295 g/mol. The van der Waals surface area contributed by atoms with Crippen LogP contribution >= 0.6 is 0 Å². The van der Waals surface area contributed by atoms with Crippen molar-refractivity contribution >= 4 is 15.7 Å². The summed E-state index contributed by atoms with van der Waals surface area (Å²) in [6, 6.07) is 6.76. The predicted octanol–water partition coefficient (Wildman–Crippen LogP) is 2.02. The highest BCUT2D eigenvalue weighted by Crippen LogP contribution is 2.21. The van der Waals surface area contributed by atoms with Gasteiger partial charge in [0.1, 0.15) is 10.6 Å². The van der Waals surface area contributed by atoms with Crippen LogP contribution < -0.4 is 9.46 Å². The smallest absolute Gasteiger partial charge is 0.265 e. The molecule has 0 aliphatic heterocycles. The Kier molecular flexibility index (Phi) is 3.99. The van der Waals surface area contributed by atoms with E-state index in [4.69, 9.17) is 4.74 Å². The molecule has 0 amide bonds. The maximum atomic E-state index is 12.3. The Labute approximate surface area is 118 Å². The van der Waals surface area contributed by atoms with E-state index in [-0.39, 0.29) is 4.90 Å². The summed E-state index contributed by atoms with van der Waals surface area (Å²) in [6.45, 7) is 4.19. The number of hydrogen-bond donors (Lipinski definition) is 1. The predicted molar refractivity (Wildman–Crippen MR) is 76.4 cm³/mol. The lowest BCUT2D eigenvalue weighted by atomic mass is 10.3. The van der Waals surface area contributed by atoms with Crippen LogP contribution in [-0.4, -0.2) is 25.3 Å². The Morgan fingerprint density at radius 1 is 1.40 bits per heavy atom. The van der Waals surface area contributed by atoms with Gasteiger partial charge in [-0.25, -0.2) is 8.42 Å². The molecule has 0 spiro atoms. The van der Waals surface area contributed by atoms with Gasteiger partial charge in [0.05, 0.1) is 18.5 Å². The van der Waals surface area contributed by atoms with Crippen molar-refractivity contribution in [1.82, 2.24) is 9.78 Å². The second-order valence-electron chi connectivity index (χ2n) is 4.27. The third-order valence-corrected chi connectivity index (χ3v) is 4.32. The summed E-state index contributed by atoms with van der Waals surface area (Å²) in [4.78, 5) is 0.183. The van der Waals surface area contributed by atoms with Crippen LogP contribution in [0.25, 0.3) is 0 Å². The van der Waals surface area contributed by atoms with E-state index < -0.39 is 10.0 Å². The van der Waals surface area contributed by atoms with Crippen molar-refractivity contribution in [1.29, 1.82) is 0 Å². The first-order valence-electron chi connectivity index (χ1n) is 6.17. The first-order valence-corrected chi connectivity index (χ1v) is 7.65. The average Bonchev–Trinajstić information content (AvgIpc) is 2.80. The molecule has 0 radical (unpaired) electrons. The van der Waals surface area contributed by atoms with Crippen molar-refractivity contribution in [3.8, 4) is 5.75 Å². The van der Waals surface area contributed by atoms with Gasteiger partial charge < -0.3 is 4.74 Å². The first-order chi connectivity index (χ1) is 9.46. The SMILES string of the molecule is CCn1cc(S(=O)(=O)Nc2cccc(OC)c2)c(C)n1. The van der Waals surface area contributed by atoms with E-state index in [1.807, 2.05) is 6.92 Å². The summed E-state index contributed by atoms with van der Waals surface area (Å²) in [5.41, 5.74) is 0.926. The molecule has 6 nitrogen and oxygen atoms in total. The second kappa shape index (κ2) is 5.54. The Bertz CT molecular complexity index is 707. The van der Waals surface area contributed by atoms with E-state index in [0.717, 1.165) is 0 Å². The van der Waals surface area contributed by atoms with Crippen LogP contribution in [0.15, 0.2) is 35.4 Å². The standard InChI is InChI=1S/C13H17N3O3S/c1-4-16-9-13(10(2)14-16)20(17,18)15-11-6-5-7-12(8-11)19-3/h5-9,15H,4H2,1-3H3. The highest BCUT2D eigenvalue weighted by atomic mass is 32.2. The van der Waals surface area contributed by atoms with E-state index in [1.54, 1.807) is 35.9 Å². The van der Waals surface area contributed by atoms with E-state index in [9.17, 15) is 8.42 Å². The number of hydrogen-bond acceptors (Lipinski definition) is 4. The monoisotopic (exact) mass is 295 g/mol. The van der Waals surface area contributed by atoms with Crippen LogP contribution in [0.5, 0.6) is 5.75 Å². The molecule has 1 heterocycles. The molecule has 1 N–H and O–H groups in total. The topological polar surface area (TPSA) is 73.2 Å². The van der Waals surface area contributed by atoms with Gasteiger partial charge in [0.2, 0.25) is 0 Å².